The molecule has 1 heterocycles. The van der Waals surface area contributed by atoms with E-state index in [2.05, 4.69) is 0 Å². The maximum absolute atomic E-state index is 12.8. The van der Waals surface area contributed by atoms with Gasteiger partial charge in [-0.15, -0.1) is 0 Å². The maximum Gasteiger partial charge on any atom is 0.328 e. The minimum atomic E-state index is -0.703. The van der Waals surface area contributed by atoms with Crippen molar-refractivity contribution < 1.29 is 18.7 Å². The molecule has 0 bridgehead atoms. The summed E-state index contributed by atoms with van der Waals surface area (Å²) in [5.74, 6) is 0.0192. The van der Waals surface area contributed by atoms with Crippen molar-refractivity contribution in [3.05, 3.63) is 54.0 Å². The van der Waals surface area contributed by atoms with Gasteiger partial charge in [0.1, 0.15) is 11.8 Å². The lowest BCUT2D eigenvalue weighted by Gasteiger charge is -2.28. The van der Waals surface area contributed by atoms with Crippen LogP contribution < -0.4 is 4.90 Å². The van der Waals surface area contributed by atoms with Crippen LogP contribution in [0.3, 0.4) is 0 Å². The molecule has 5 heteroatoms. The number of carbonyl (C=O) groups excluding carboxylic acids is 2. The van der Waals surface area contributed by atoms with Gasteiger partial charge >= 0.3 is 5.97 Å². The number of anilines is 1. The van der Waals surface area contributed by atoms with Crippen molar-refractivity contribution in [2.45, 2.75) is 26.3 Å². The zero-order chi connectivity index (χ0) is 16.1. The first-order chi connectivity index (χ1) is 10.6. The molecule has 1 aromatic carbocycles. The van der Waals surface area contributed by atoms with Crippen LogP contribution in [0, 0.1) is 6.92 Å². The van der Waals surface area contributed by atoms with Gasteiger partial charge in [-0.1, -0.05) is 25.1 Å². The van der Waals surface area contributed by atoms with Crippen LogP contribution in [-0.2, 0) is 9.53 Å². The lowest BCUT2D eigenvalue weighted by atomic mass is 10.1. The topological polar surface area (TPSA) is 59.8 Å². The number of hydrogen-bond acceptors (Lipinski definition) is 4. The van der Waals surface area contributed by atoms with Crippen LogP contribution in [0.2, 0.25) is 0 Å². The number of para-hydroxylation sites is 1. The van der Waals surface area contributed by atoms with E-state index in [1.54, 1.807) is 31.2 Å². The maximum atomic E-state index is 12.8. The third kappa shape index (κ3) is 3.19. The molecule has 0 fully saturated rings. The summed E-state index contributed by atoms with van der Waals surface area (Å²) in [5.41, 5.74) is 0.624. The number of nitrogens with zero attached hydrogens (tertiary/aromatic N) is 1. The highest BCUT2D eigenvalue weighted by molar-refractivity contribution is 6.07. The van der Waals surface area contributed by atoms with Crippen molar-refractivity contribution in [2.75, 3.05) is 12.0 Å². The van der Waals surface area contributed by atoms with Crippen LogP contribution in [0.4, 0.5) is 5.69 Å². The summed E-state index contributed by atoms with van der Waals surface area (Å²) >= 11 is 0. The Balaban J connectivity index is 2.45. The van der Waals surface area contributed by atoms with Crippen LogP contribution in [0.15, 0.2) is 46.9 Å². The van der Waals surface area contributed by atoms with Crippen molar-refractivity contribution >= 4 is 17.6 Å². The number of methoxy groups -OCH3 is 1. The summed E-state index contributed by atoms with van der Waals surface area (Å²) in [6.45, 7) is 3.60. The van der Waals surface area contributed by atoms with Crippen molar-refractivity contribution in [3.8, 4) is 0 Å². The van der Waals surface area contributed by atoms with Gasteiger partial charge in [-0.05, 0) is 37.6 Å². The van der Waals surface area contributed by atoms with Gasteiger partial charge in [-0.2, -0.15) is 0 Å². The normalized spacial score (nSPS) is 11.8. The first kappa shape index (κ1) is 15.8. The Morgan fingerprint density at radius 3 is 2.36 bits per heavy atom. The Morgan fingerprint density at radius 1 is 1.18 bits per heavy atom. The lowest BCUT2D eigenvalue weighted by Crippen LogP contribution is -2.45. The van der Waals surface area contributed by atoms with Crippen LogP contribution in [0.5, 0.6) is 0 Å². The smallest absolute Gasteiger partial charge is 0.328 e. The van der Waals surface area contributed by atoms with Gasteiger partial charge in [0, 0.05) is 5.69 Å². The summed E-state index contributed by atoms with van der Waals surface area (Å²) in [6, 6.07) is 11.7. The fourth-order valence-corrected chi connectivity index (χ4v) is 2.29. The van der Waals surface area contributed by atoms with E-state index >= 15 is 0 Å². The van der Waals surface area contributed by atoms with Crippen molar-refractivity contribution in [3.63, 3.8) is 0 Å². The highest BCUT2D eigenvalue weighted by Crippen LogP contribution is 2.23. The third-order valence-electron chi connectivity index (χ3n) is 3.38. The average Bonchev–Trinajstić information content (AvgIpc) is 2.98. The van der Waals surface area contributed by atoms with E-state index in [0.29, 0.717) is 17.9 Å². The SMILES string of the molecule is CC[C@@H](C(=O)OC)N(C(=O)c1ccc(C)o1)c1ccccc1. The van der Waals surface area contributed by atoms with E-state index in [4.69, 9.17) is 9.15 Å². The summed E-state index contributed by atoms with van der Waals surface area (Å²) in [5, 5.41) is 0. The van der Waals surface area contributed by atoms with Gasteiger partial charge in [0.2, 0.25) is 0 Å². The van der Waals surface area contributed by atoms with Crippen LogP contribution in [0.1, 0.15) is 29.7 Å². The fourth-order valence-electron chi connectivity index (χ4n) is 2.29. The van der Waals surface area contributed by atoms with Gasteiger partial charge < -0.3 is 9.15 Å². The molecule has 0 unspecified atom stereocenters. The van der Waals surface area contributed by atoms with Crippen LogP contribution in [0.25, 0.3) is 0 Å². The molecule has 22 heavy (non-hydrogen) atoms. The fraction of sp³-hybridized carbons (Fsp3) is 0.294. The Bertz CT molecular complexity index is 648. The van der Waals surface area contributed by atoms with E-state index in [-0.39, 0.29) is 11.7 Å². The molecule has 2 rings (SSSR count). The van der Waals surface area contributed by atoms with Crippen molar-refractivity contribution in [1.29, 1.82) is 0 Å². The number of carbonyl (C=O) groups is 2. The molecule has 0 radical (unpaired) electrons. The average molecular weight is 301 g/mol. The summed E-state index contributed by atoms with van der Waals surface area (Å²) < 4.78 is 10.2. The van der Waals surface area contributed by atoms with Gasteiger partial charge in [-0.25, -0.2) is 4.79 Å². The second-order valence-corrected chi connectivity index (χ2v) is 4.87. The molecular formula is C17H19NO4. The highest BCUT2D eigenvalue weighted by atomic mass is 16.5. The third-order valence-corrected chi connectivity index (χ3v) is 3.38. The summed E-state index contributed by atoms with van der Waals surface area (Å²) in [6.07, 6.45) is 0.437. The quantitative estimate of drug-likeness (QED) is 0.796. The molecule has 1 atom stereocenters. The Morgan fingerprint density at radius 2 is 1.86 bits per heavy atom. The van der Waals surface area contributed by atoms with E-state index in [0.717, 1.165) is 0 Å². The lowest BCUT2D eigenvalue weighted by molar-refractivity contribution is -0.142. The Kier molecular flexibility index (Phi) is 4.99. The van der Waals surface area contributed by atoms with E-state index in [9.17, 15) is 9.59 Å². The highest BCUT2D eigenvalue weighted by Gasteiger charge is 2.32. The molecule has 1 aromatic heterocycles. The molecule has 116 valence electrons. The predicted octanol–water partition coefficient (Wildman–Crippen LogP) is 3.19. The van der Waals surface area contributed by atoms with Gasteiger partial charge in [0.15, 0.2) is 5.76 Å². The second-order valence-electron chi connectivity index (χ2n) is 4.87. The summed E-state index contributed by atoms with van der Waals surface area (Å²) in [4.78, 5) is 26.3. The number of esters is 1. The molecule has 1 amide bonds. The molecule has 2 aromatic rings. The number of amides is 1. The number of rotatable bonds is 5. The molecule has 0 aliphatic carbocycles. The zero-order valence-electron chi connectivity index (χ0n) is 12.9. The molecule has 0 N–H and O–H groups in total. The molecule has 0 aliphatic heterocycles. The summed E-state index contributed by atoms with van der Waals surface area (Å²) in [7, 11) is 1.32. The number of hydrogen-bond donors (Lipinski definition) is 0. The molecule has 0 aliphatic rings. The first-order valence-corrected chi connectivity index (χ1v) is 7.11. The Labute approximate surface area is 129 Å². The van der Waals surface area contributed by atoms with E-state index in [1.807, 2.05) is 25.1 Å². The van der Waals surface area contributed by atoms with E-state index < -0.39 is 12.0 Å². The largest absolute Gasteiger partial charge is 0.467 e. The van der Waals surface area contributed by atoms with Crippen molar-refractivity contribution in [1.82, 2.24) is 0 Å². The molecule has 0 saturated carbocycles. The molecular weight excluding hydrogens is 282 g/mol. The minimum Gasteiger partial charge on any atom is -0.467 e. The Hall–Kier alpha value is -2.56. The number of furan rings is 1. The number of benzene rings is 1. The molecule has 0 spiro atoms. The standard InChI is InChI=1S/C17H19NO4/c1-4-14(17(20)21-3)18(13-8-6-5-7-9-13)16(19)15-11-10-12(2)22-15/h5-11,14H,4H2,1-3H3/t14-/m0/s1. The second kappa shape index (κ2) is 6.93. The van der Waals surface area contributed by atoms with Gasteiger partial charge in [-0.3, -0.25) is 9.69 Å². The first-order valence-electron chi connectivity index (χ1n) is 7.11. The van der Waals surface area contributed by atoms with Crippen LogP contribution >= 0.6 is 0 Å². The number of ether oxygens (including phenoxy) is 1. The molecule has 5 nitrogen and oxygen atoms in total. The van der Waals surface area contributed by atoms with Crippen molar-refractivity contribution in [2.24, 2.45) is 0 Å². The number of aryl methyl sites for hydroxylation is 1. The molecule has 0 saturated heterocycles. The van der Waals surface area contributed by atoms with E-state index in [1.165, 1.54) is 12.0 Å². The van der Waals surface area contributed by atoms with Crippen LogP contribution in [-0.4, -0.2) is 25.0 Å². The monoisotopic (exact) mass is 301 g/mol. The zero-order valence-corrected chi connectivity index (χ0v) is 12.9. The predicted molar refractivity (Wildman–Crippen MR) is 82.8 cm³/mol. The minimum absolute atomic E-state index is 0.198. The van der Waals surface area contributed by atoms with Gasteiger partial charge in [0.25, 0.3) is 5.91 Å². The van der Waals surface area contributed by atoms with Gasteiger partial charge in [0.05, 0.1) is 7.11 Å².